The van der Waals surface area contributed by atoms with Gasteiger partial charge in [-0.05, 0) is 25.1 Å². The normalized spacial score (nSPS) is 19.9. The van der Waals surface area contributed by atoms with Crippen molar-refractivity contribution in [3.63, 3.8) is 0 Å². The fourth-order valence-electron chi connectivity index (χ4n) is 2.63. The van der Waals surface area contributed by atoms with Gasteiger partial charge in [0.15, 0.2) is 0 Å². The standard InChI is InChI=1S/C16H21N3O2.2ClH/c20-16(6-8-17-11-16)12-18-9-10-21-14-5-1-3-13-4-2-7-19-15(13)14;;/h1-5,7,17-18,20H,6,8-12H2;2*1H. The predicted octanol–water partition coefficient (Wildman–Crippen LogP) is 1.77. The summed E-state index contributed by atoms with van der Waals surface area (Å²) in [4.78, 5) is 4.36. The van der Waals surface area contributed by atoms with Gasteiger partial charge in [-0.2, -0.15) is 0 Å². The molecule has 1 aromatic heterocycles. The Morgan fingerprint density at radius 3 is 2.87 bits per heavy atom. The maximum atomic E-state index is 10.2. The summed E-state index contributed by atoms with van der Waals surface area (Å²) in [5, 5.41) is 17.7. The summed E-state index contributed by atoms with van der Waals surface area (Å²) in [6, 6.07) is 9.87. The third kappa shape index (κ3) is 5.19. The van der Waals surface area contributed by atoms with E-state index >= 15 is 0 Å². The molecule has 0 radical (unpaired) electrons. The van der Waals surface area contributed by atoms with E-state index in [-0.39, 0.29) is 24.8 Å². The average Bonchev–Trinajstić information content (AvgIpc) is 2.94. The van der Waals surface area contributed by atoms with E-state index in [1.54, 1.807) is 6.20 Å². The Bertz CT molecular complexity index is 601. The van der Waals surface area contributed by atoms with Gasteiger partial charge in [0.05, 0.1) is 5.60 Å². The molecule has 0 amide bonds. The molecule has 1 aliphatic heterocycles. The van der Waals surface area contributed by atoms with Crippen LogP contribution in [-0.4, -0.2) is 48.5 Å². The molecule has 3 N–H and O–H groups in total. The van der Waals surface area contributed by atoms with Crippen LogP contribution in [0.4, 0.5) is 0 Å². The van der Waals surface area contributed by atoms with Crippen molar-refractivity contribution >= 4 is 35.7 Å². The van der Waals surface area contributed by atoms with E-state index in [1.807, 2.05) is 30.3 Å². The van der Waals surface area contributed by atoms with Crippen molar-refractivity contribution in [1.29, 1.82) is 0 Å². The summed E-state index contributed by atoms with van der Waals surface area (Å²) in [5.41, 5.74) is 0.277. The number of benzene rings is 1. The predicted molar refractivity (Wildman–Crippen MR) is 97.0 cm³/mol. The van der Waals surface area contributed by atoms with Crippen LogP contribution in [-0.2, 0) is 0 Å². The van der Waals surface area contributed by atoms with Crippen LogP contribution in [0.2, 0.25) is 0 Å². The molecule has 0 spiro atoms. The van der Waals surface area contributed by atoms with Gasteiger partial charge in [-0.15, -0.1) is 24.8 Å². The molecule has 0 saturated carbocycles. The second-order valence-corrected chi connectivity index (χ2v) is 5.51. The second kappa shape index (κ2) is 9.25. The number of aromatic nitrogens is 1. The van der Waals surface area contributed by atoms with Crippen molar-refractivity contribution in [2.75, 3.05) is 32.8 Å². The van der Waals surface area contributed by atoms with Crippen molar-refractivity contribution in [3.05, 3.63) is 36.5 Å². The molecule has 23 heavy (non-hydrogen) atoms. The molecule has 128 valence electrons. The first-order chi connectivity index (χ1) is 10.3. The number of aliphatic hydroxyl groups is 1. The van der Waals surface area contributed by atoms with Gasteiger partial charge in [0.25, 0.3) is 0 Å². The van der Waals surface area contributed by atoms with Gasteiger partial charge < -0.3 is 20.5 Å². The molecule has 1 unspecified atom stereocenters. The summed E-state index contributed by atoms with van der Waals surface area (Å²) in [5.74, 6) is 0.802. The topological polar surface area (TPSA) is 66.4 Å². The summed E-state index contributed by atoms with van der Waals surface area (Å²) in [7, 11) is 0. The van der Waals surface area contributed by atoms with Crippen LogP contribution < -0.4 is 15.4 Å². The smallest absolute Gasteiger partial charge is 0.145 e. The molecular weight excluding hydrogens is 337 g/mol. The van der Waals surface area contributed by atoms with Gasteiger partial charge in [-0.25, -0.2) is 0 Å². The van der Waals surface area contributed by atoms with Gasteiger partial charge in [0.1, 0.15) is 17.9 Å². The van der Waals surface area contributed by atoms with Crippen LogP contribution in [0.25, 0.3) is 10.9 Å². The highest BCUT2D eigenvalue weighted by atomic mass is 35.5. The largest absolute Gasteiger partial charge is 0.490 e. The molecule has 7 heteroatoms. The van der Waals surface area contributed by atoms with Crippen LogP contribution >= 0.6 is 24.8 Å². The zero-order chi connectivity index (χ0) is 14.5. The number of halogens is 2. The molecule has 1 atom stereocenters. The van der Waals surface area contributed by atoms with E-state index < -0.39 is 5.60 Å². The molecule has 3 rings (SSSR count). The summed E-state index contributed by atoms with van der Waals surface area (Å²) in [6.45, 7) is 3.40. The van der Waals surface area contributed by atoms with E-state index in [0.717, 1.165) is 29.6 Å². The molecule has 2 heterocycles. The lowest BCUT2D eigenvalue weighted by Gasteiger charge is -2.21. The van der Waals surface area contributed by atoms with E-state index in [9.17, 15) is 5.11 Å². The van der Waals surface area contributed by atoms with E-state index in [0.29, 0.717) is 26.2 Å². The number of hydrogen-bond donors (Lipinski definition) is 3. The molecule has 5 nitrogen and oxygen atoms in total. The van der Waals surface area contributed by atoms with E-state index in [4.69, 9.17) is 4.74 Å². The van der Waals surface area contributed by atoms with Crippen molar-refractivity contribution in [2.24, 2.45) is 0 Å². The minimum Gasteiger partial charge on any atom is -0.490 e. The van der Waals surface area contributed by atoms with Crippen LogP contribution in [0.1, 0.15) is 6.42 Å². The first kappa shape index (κ1) is 19.9. The molecule has 0 aliphatic carbocycles. The van der Waals surface area contributed by atoms with Gasteiger partial charge in [-0.3, -0.25) is 4.98 Å². The van der Waals surface area contributed by atoms with Crippen LogP contribution in [0, 0.1) is 0 Å². The molecule has 1 fully saturated rings. The van der Waals surface area contributed by atoms with Crippen LogP contribution in [0.3, 0.4) is 0 Å². The zero-order valence-corrected chi connectivity index (χ0v) is 14.5. The number of β-amino-alcohol motifs (C(OH)–C–C–N with tert-alkyl or cyclic N) is 1. The highest BCUT2D eigenvalue weighted by molar-refractivity contribution is 5.85. The lowest BCUT2D eigenvalue weighted by molar-refractivity contribution is 0.0604. The lowest BCUT2D eigenvalue weighted by atomic mass is 10.0. The average molecular weight is 360 g/mol. The minimum absolute atomic E-state index is 0. The molecule has 2 aromatic rings. The third-order valence-electron chi connectivity index (χ3n) is 3.81. The number of pyridine rings is 1. The second-order valence-electron chi connectivity index (χ2n) is 5.51. The van der Waals surface area contributed by atoms with Gasteiger partial charge >= 0.3 is 0 Å². The molecule has 1 saturated heterocycles. The molecular formula is C16H23Cl2N3O2. The number of rotatable bonds is 6. The molecule has 1 aromatic carbocycles. The number of nitrogens with zero attached hydrogens (tertiary/aromatic N) is 1. The van der Waals surface area contributed by atoms with Crippen molar-refractivity contribution in [2.45, 2.75) is 12.0 Å². The Kier molecular flexibility index (Phi) is 8.02. The maximum Gasteiger partial charge on any atom is 0.145 e. The summed E-state index contributed by atoms with van der Waals surface area (Å²) in [6.07, 6.45) is 2.57. The van der Waals surface area contributed by atoms with Crippen LogP contribution in [0.15, 0.2) is 36.5 Å². The maximum absolute atomic E-state index is 10.2. The van der Waals surface area contributed by atoms with Gasteiger partial charge in [0, 0.05) is 31.2 Å². The van der Waals surface area contributed by atoms with E-state index in [2.05, 4.69) is 15.6 Å². The summed E-state index contributed by atoms with van der Waals surface area (Å²) < 4.78 is 5.79. The monoisotopic (exact) mass is 359 g/mol. The van der Waals surface area contributed by atoms with Crippen molar-refractivity contribution in [1.82, 2.24) is 15.6 Å². The van der Waals surface area contributed by atoms with Crippen molar-refractivity contribution in [3.8, 4) is 5.75 Å². The van der Waals surface area contributed by atoms with Crippen molar-refractivity contribution < 1.29 is 9.84 Å². The van der Waals surface area contributed by atoms with Gasteiger partial charge in [-0.1, -0.05) is 18.2 Å². The number of fused-ring (bicyclic) bond motifs is 1. The molecule has 0 bridgehead atoms. The Morgan fingerprint density at radius 2 is 2.09 bits per heavy atom. The Hall–Kier alpha value is -1.11. The number of hydrogen-bond acceptors (Lipinski definition) is 5. The number of nitrogens with one attached hydrogen (secondary N) is 2. The first-order valence-corrected chi connectivity index (χ1v) is 7.37. The van der Waals surface area contributed by atoms with Gasteiger partial charge in [0.2, 0.25) is 0 Å². The SMILES string of the molecule is Cl.Cl.OC1(CNCCOc2cccc3cccnc23)CCNC1. The first-order valence-electron chi connectivity index (χ1n) is 7.37. The van der Waals surface area contributed by atoms with E-state index in [1.165, 1.54) is 0 Å². The third-order valence-corrected chi connectivity index (χ3v) is 3.81. The fourth-order valence-corrected chi connectivity index (χ4v) is 2.63. The summed E-state index contributed by atoms with van der Waals surface area (Å²) >= 11 is 0. The Morgan fingerprint density at radius 1 is 1.26 bits per heavy atom. The minimum atomic E-state index is -0.610. The quantitative estimate of drug-likeness (QED) is 0.686. The fraction of sp³-hybridized carbons (Fsp3) is 0.438. The Labute approximate surface area is 148 Å². The molecule has 1 aliphatic rings. The highest BCUT2D eigenvalue weighted by Gasteiger charge is 2.30. The zero-order valence-electron chi connectivity index (χ0n) is 12.8. The van der Waals surface area contributed by atoms with Crippen LogP contribution in [0.5, 0.6) is 5.75 Å². The lowest BCUT2D eigenvalue weighted by Crippen LogP contribution is -2.43. The Balaban J connectivity index is 0.00000132. The number of para-hydroxylation sites is 1. The highest BCUT2D eigenvalue weighted by Crippen LogP contribution is 2.22. The number of ether oxygens (including phenoxy) is 1.